The zero-order valence-electron chi connectivity index (χ0n) is 7.41. The Morgan fingerprint density at radius 2 is 2.13 bits per heavy atom. The van der Waals surface area contributed by atoms with Gasteiger partial charge in [0.05, 0.1) is 0 Å². The lowest BCUT2D eigenvalue weighted by Gasteiger charge is -2.13. The van der Waals surface area contributed by atoms with Gasteiger partial charge in [-0.3, -0.25) is 4.79 Å². The summed E-state index contributed by atoms with van der Waals surface area (Å²) >= 11 is 11.5. The van der Waals surface area contributed by atoms with Gasteiger partial charge in [-0.15, -0.1) is 0 Å². The highest BCUT2D eigenvalue weighted by atomic mass is 35.5. The maximum Gasteiger partial charge on any atom is 0.330 e. The van der Waals surface area contributed by atoms with Gasteiger partial charge in [-0.2, -0.15) is 0 Å². The third-order valence-corrected chi connectivity index (χ3v) is 2.33. The Morgan fingerprint density at radius 3 is 2.67 bits per heavy atom. The summed E-state index contributed by atoms with van der Waals surface area (Å²) in [7, 11) is 0. The van der Waals surface area contributed by atoms with Gasteiger partial charge in [0, 0.05) is 15.6 Å². The van der Waals surface area contributed by atoms with Gasteiger partial charge >= 0.3 is 5.97 Å². The Kier molecular flexibility index (Phi) is 3.94. The maximum atomic E-state index is 10.8. The fourth-order valence-corrected chi connectivity index (χ4v) is 1.51. The molecule has 80 valence electrons. The summed E-state index contributed by atoms with van der Waals surface area (Å²) < 4.78 is 0. The second-order valence-electron chi connectivity index (χ2n) is 2.72. The van der Waals surface area contributed by atoms with Crippen LogP contribution in [-0.4, -0.2) is 17.5 Å². The molecule has 0 saturated carbocycles. The number of carbonyl (C=O) groups excluding carboxylic acids is 1. The van der Waals surface area contributed by atoms with Crippen LogP contribution in [0.5, 0.6) is 0 Å². The van der Waals surface area contributed by atoms with Gasteiger partial charge < -0.3 is 10.4 Å². The molecule has 1 aromatic rings. The van der Waals surface area contributed by atoms with Crippen molar-refractivity contribution in [3.8, 4) is 0 Å². The van der Waals surface area contributed by atoms with Crippen LogP contribution in [0.2, 0.25) is 10.0 Å². The van der Waals surface area contributed by atoms with Crippen LogP contribution >= 0.6 is 23.2 Å². The zero-order valence-corrected chi connectivity index (χ0v) is 8.92. The monoisotopic (exact) mass is 247 g/mol. The molecule has 0 heterocycles. The first kappa shape index (κ1) is 11.8. The number of benzene rings is 1. The fraction of sp³-hybridized carbons (Fsp3) is 0.111. The van der Waals surface area contributed by atoms with E-state index >= 15 is 0 Å². The smallest absolute Gasteiger partial charge is 0.330 e. The molecule has 0 saturated heterocycles. The van der Waals surface area contributed by atoms with E-state index in [2.05, 4.69) is 5.32 Å². The summed E-state index contributed by atoms with van der Waals surface area (Å²) in [5.74, 6) is -1.20. The summed E-state index contributed by atoms with van der Waals surface area (Å²) in [6, 6.07) is 3.22. The molecule has 0 aliphatic carbocycles. The molecule has 2 N–H and O–H groups in total. The lowest BCUT2D eigenvalue weighted by molar-refractivity contribution is -0.140. The second kappa shape index (κ2) is 5.00. The quantitative estimate of drug-likeness (QED) is 0.799. The van der Waals surface area contributed by atoms with E-state index in [0.29, 0.717) is 11.4 Å². The summed E-state index contributed by atoms with van der Waals surface area (Å²) in [5, 5.41) is 11.6. The summed E-state index contributed by atoms with van der Waals surface area (Å²) in [6.07, 6.45) is 0.302. The number of carboxylic acid groups (broad SMARTS) is 1. The van der Waals surface area contributed by atoms with E-state index in [1.165, 1.54) is 18.2 Å². The van der Waals surface area contributed by atoms with E-state index in [9.17, 15) is 9.59 Å². The highest BCUT2D eigenvalue weighted by molar-refractivity contribution is 6.33. The number of rotatable bonds is 4. The van der Waals surface area contributed by atoms with Gasteiger partial charge in [0.25, 0.3) is 0 Å². The first-order valence-electron chi connectivity index (χ1n) is 3.93. The van der Waals surface area contributed by atoms with E-state index < -0.39 is 12.0 Å². The van der Waals surface area contributed by atoms with Crippen LogP contribution in [-0.2, 0) is 9.59 Å². The Hall–Kier alpha value is -1.26. The number of hydrogen-bond acceptors (Lipinski definition) is 2. The number of halogens is 2. The Balaban J connectivity index is 3.15. The van der Waals surface area contributed by atoms with Crippen molar-refractivity contribution in [1.29, 1.82) is 0 Å². The van der Waals surface area contributed by atoms with Crippen LogP contribution in [0.1, 0.15) is 11.6 Å². The fourth-order valence-electron chi connectivity index (χ4n) is 1.10. The standard InChI is InChI=1S/C9H7Cl2NO3/c10-5-1-2-7(11)6(3-5)8(9(14)15)12-4-13/h1-4,8H,(H,12,13)(H,14,15). The average Bonchev–Trinajstić information content (AvgIpc) is 2.18. The highest BCUT2D eigenvalue weighted by Gasteiger charge is 2.21. The molecule has 0 aromatic heterocycles. The van der Waals surface area contributed by atoms with E-state index in [4.69, 9.17) is 28.3 Å². The van der Waals surface area contributed by atoms with Gasteiger partial charge in [-0.25, -0.2) is 4.79 Å². The molecule has 1 unspecified atom stereocenters. The van der Waals surface area contributed by atoms with Crippen molar-refractivity contribution in [1.82, 2.24) is 5.32 Å². The number of carboxylic acids is 1. The zero-order chi connectivity index (χ0) is 11.4. The predicted molar refractivity (Wildman–Crippen MR) is 56.0 cm³/mol. The van der Waals surface area contributed by atoms with E-state index in [1.54, 1.807) is 0 Å². The number of aliphatic carboxylic acids is 1. The van der Waals surface area contributed by atoms with Crippen LogP contribution in [0, 0.1) is 0 Å². The van der Waals surface area contributed by atoms with Crippen LogP contribution in [0.15, 0.2) is 18.2 Å². The van der Waals surface area contributed by atoms with E-state index in [1.807, 2.05) is 0 Å². The largest absolute Gasteiger partial charge is 0.479 e. The minimum Gasteiger partial charge on any atom is -0.479 e. The molecule has 4 nitrogen and oxygen atoms in total. The molecule has 0 aliphatic rings. The number of amides is 1. The normalized spacial score (nSPS) is 11.9. The van der Waals surface area contributed by atoms with Crippen molar-refractivity contribution in [2.24, 2.45) is 0 Å². The van der Waals surface area contributed by atoms with Crippen LogP contribution < -0.4 is 5.32 Å². The van der Waals surface area contributed by atoms with E-state index in [0.717, 1.165) is 0 Å². The van der Waals surface area contributed by atoms with Gasteiger partial charge in [-0.05, 0) is 18.2 Å². The van der Waals surface area contributed by atoms with Gasteiger partial charge in [0.1, 0.15) is 0 Å². The van der Waals surface area contributed by atoms with Crippen molar-refractivity contribution >= 4 is 35.6 Å². The second-order valence-corrected chi connectivity index (χ2v) is 3.57. The van der Waals surface area contributed by atoms with Crippen molar-refractivity contribution in [3.05, 3.63) is 33.8 Å². The lowest BCUT2D eigenvalue weighted by atomic mass is 10.1. The molecular weight excluding hydrogens is 241 g/mol. The van der Waals surface area contributed by atoms with Crippen molar-refractivity contribution in [3.63, 3.8) is 0 Å². The maximum absolute atomic E-state index is 10.8. The molecular formula is C9H7Cl2NO3. The van der Waals surface area contributed by atoms with Gasteiger partial charge in [-0.1, -0.05) is 23.2 Å². The molecule has 0 fully saturated rings. The molecule has 1 rings (SSSR count). The van der Waals surface area contributed by atoms with Gasteiger partial charge in [0.15, 0.2) is 6.04 Å². The molecule has 0 radical (unpaired) electrons. The number of carbonyl (C=O) groups is 2. The predicted octanol–water partition coefficient (Wildman–Crippen LogP) is 1.87. The molecule has 1 atom stereocenters. The van der Waals surface area contributed by atoms with Crippen molar-refractivity contribution < 1.29 is 14.7 Å². The number of nitrogens with one attached hydrogen (secondary N) is 1. The highest BCUT2D eigenvalue weighted by Crippen LogP contribution is 2.26. The Labute approximate surface area is 95.8 Å². The summed E-state index contributed by atoms with van der Waals surface area (Å²) in [4.78, 5) is 21.1. The third kappa shape index (κ3) is 2.84. The minimum atomic E-state index is -1.20. The van der Waals surface area contributed by atoms with Crippen LogP contribution in [0.3, 0.4) is 0 Å². The molecule has 6 heteroatoms. The minimum absolute atomic E-state index is 0.237. The van der Waals surface area contributed by atoms with Crippen molar-refractivity contribution in [2.45, 2.75) is 6.04 Å². The SMILES string of the molecule is O=CNC(C(=O)O)c1cc(Cl)ccc1Cl. The first-order valence-corrected chi connectivity index (χ1v) is 4.69. The van der Waals surface area contributed by atoms with E-state index in [-0.39, 0.29) is 10.6 Å². The Morgan fingerprint density at radius 1 is 1.47 bits per heavy atom. The summed E-state index contributed by atoms with van der Waals surface area (Å²) in [5.41, 5.74) is 0.253. The van der Waals surface area contributed by atoms with Crippen LogP contribution in [0.25, 0.3) is 0 Å². The molecule has 1 aromatic carbocycles. The first-order chi connectivity index (χ1) is 7.06. The topological polar surface area (TPSA) is 66.4 Å². The average molecular weight is 248 g/mol. The van der Waals surface area contributed by atoms with Gasteiger partial charge in [0.2, 0.25) is 6.41 Å². The third-order valence-electron chi connectivity index (χ3n) is 1.75. The van der Waals surface area contributed by atoms with Crippen LogP contribution in [0.4, 0.5) is 0 Å². The molecule has 15 heavy (non-hydrogen) atoms. The molecule has 0 spiro atoms. The number of hydrogen-bond donors (Lipinski definition) is 2. The Bertz CT molecular complexity index is 395. The van der Waals surface area contributed by atoms with Crippen molar-refractivity contribution in [2.75, 3.05) is 0 Å². The summed E-state index contributed by atoms with van der Waals surface area (Å²) in [6.45, 7) is 0. The molecule has 0 bridgehead atoms. The molecule has 1 amide bonds. The molecule has 0 aliphatic heterocycles. The lowest BCUT2D eigenvalue weighted by Crippen LogP contribution is -2.27.